The highest BCUT2D eigenvalue weighted by molar-refractivity contribution is 7.89. The van der Waals surface area contributed by atoms with Gasteiger partial charge in [-0.25, -0.2) is 13.8 Å². The molecule has 0 bridgehead atoms. The SMILES string of the molecule is COc1ccc(S(=O)(=O)N(CC(=O)NN=C2CCCCCC2)Cc2ccccc2)cc1. The van der Waals surface area contributed by atoms with Crippen LogP contribution in [0, 0.1) is 0 Å². The summed E-state index contributed by atoms with van der Waals surface area (Å²) >= 11 is 0. The first-order valence-electron chi connectivity index (χ1n) is 10.5. The van der Waals surface area contributed by atoms with Gasteiger partial charge in [-0.05, 0) is 55.5 Å². The number of carbonyl (C=O) groups is 1. The maximum absolute atomic E-state index is 13.3. The molecule has 0 aliphatic heterocycles. The van der Waals surface area contributed by atoms with Gasteiger partial charge in [-0.15, -0.1) is 0 Å². The van der Waals surface area contributed by atoms with E-state index < -0.39 is 15.9 Å². The second-order valence-electron chi connectivity index (χ2n) is 7.56. The topological polar surface area (TPSA) is 88.1 Å². The monoisotopic (exact) mass is 443 g/mol. The van der Waals surface area contributed by atoms with Gasteiger partial charge in [0.25, 0.3) is 5.91 Å². The molecule has 2 aromatic carbocycles. The van der Waals surface area contributed by atoms with Crippen LogP contribution in [0.1, 0.15) is 44.1 Å². The number of ether oxygens (including phenoxy) is 1. The Kier molecular flexibility index (Phi) is 8.20. The van der Waals surface area contributed by atoms with Crippen LogP contribution < -0.4 is 10.2 Å². The summed E-state index contributed by atoms with van der Waals surface area (Å²) in [6.07, 6.45) is 6.24. The standard InChI is InChI=1S/C23H29N3O4S/c1-30-21-13-15-22(16-14-21)31(28,29)26(17-19-9-5-4-6-10-19)18-23(27)25-24-20-11-7-2-3-8-12-20/h4-6,9-10,13-16H,2-3,7-8,11-12,17-18H2,1H3,(H,25,27). The highest BCUT2D eigenvalue weighted by Crippen LogP contribution is 2.21. The maximum atomic E-state index is 13.3. The first kappa shape index (κ1) is 23.0. The van der Waals surface area contributed by atoms with Crippen LogP contribution in [0.25, 0.3) is 0 Å². The summed E-state index contributed by atoms with van der Waals surface area (Å²) in [6, 6.07) is 15.3. The van der Waals surface area contributed by atoms with E-state index >= 15 is 0 Å². The van der Waals surface area contributed by atoms with Crippen LogP contribution >= 0.6 is 0 Å². The smallest absolute Gasteiger partial charge is 0.255 e. The van der Waals surface area contributed by atoms with Crippen LogP contribution in [0.4, 0.5) is 0 Å². The Morgan fingerprint density at radius 2 is 1.65 bits per heavy atom. The number of hydrogen-bond acceptors (Lipinski definition) is 5. The van der Waals surface area contributed by atoms with Crippen molar-refractivity contribution in [3.05, 3.63) is 60.2 Å². The van der Waals surface area contributed by atoms with Gasteiger partial charge in [-0.3, -0.25) is 4.79 Å². The van der Waals surface area contributed by atoms with Crippen LogP contribution in [-0.2, 0) is 21.4 Å². The molecular weight excluding hydrogens is 414 g/mol. The fourth-order valence-corrected chi connectivity index (χ4v) is 4.88. The highest BCUT2D eigenvalue weighted by Gasteiger charge is 2.27. The van der Waals surface area contributed by atoms with Crippen LogP contribution in [0.15, 0.2) is 64.6 Å². The minimum atomic E-state index is -3.90. The summed E-state index contributed by atoms with van der Waals surface area (Å²) in [5, 5.41) is 4.26. The second-order valence-corrected chi connectivity index (χ2v) is 9.50. The second kappa shape index (κ2) is 11.1. The molecule has 2 aromatic rings. The molecule has 0 unspecified atom stereocenters. The largest absolute Gasteiger partial charge is 0.497 e. The lowest BCUT2D eigenvalue weighted by atomic mass is 10.2. The van der Waals surface area contributed by atoms with Gasteiger partial charge in [-0.1, -0.05) is 43.2 Å². The first-order valence-corrected chi connectivity index (χ1v) is 12.0. The Morgan fingerprint density at radius 3 is 2.26 bits per heavy atom. The van der Waals surface area contributed by atoms with Crippen LogP contribution in [0.5, 0.6) is 5.75 Å². The third-order valence-corrected chi connectivity index (χ3v) is 7.04. The van der Waals surface area contributed by atoms with E-state index in [0.717, 1.165) is 37.0 Å². The molecule has 31 heavy (non-hydrogen) atoms. The maximum Gasteiger partial charge on any atom is 0.255 e. The van der Waals surface area contributed by atoms with Crippen molar-refractivity contribution in [1.82, 2.24) is 9.73 Å². The minimum absolute atomic E-state index is 0.0825. The van der Waals surface area contributed by atoms with Gasteiger partial charge in [0.1, 0.15) is 5.75 Å². The van der Waals surface area contributed by atoms with Crippen molar-refractivity contribution in [3.8, 4) is 5.75 Å². The number of hydrazone groups is 1. The lowest BCUT2D eigenvalue weighted by Gasteiger charge is -2.21. The summed E-state index contributed by atoms with van der Waals surface area (Å²) in [5.74, 6) is 0.107. The zero-order valence-electron chi connectivity index (χ0n) is 17.8. The van der Waals surface area contributed by atoms with Crippen molar-refractivity contribution in [1.29, 1.82) is 0 Å². The van der Waals surface area contributed by atoms with E-state index in [1.807, 2.05) is 30.3 Å². The number of benzene rings is 2. The average molecular weight is 444 g/mol. The first-order chi connectivity index (χ1) is 15.0. The molecule has 0 aromatic heterocycles. The van der Waals surface area contributed by atoms with Gasteiger partial charge < -0.3 is 4.74 Å². The van der Waals surface area contributed by atoms with Crippen molar-refractivity contribution in [2.45, 2.75) is 50.0 Å². The molecule has 0 saturated heterocycles. The normalized spacial score (nSPS) is 14.7. The Bertz CT molecular complexity index is 979. The molecule has 8 heteroatoms. The van der Waals surface area contributed by atoms with Gasteiger partial charge in [-0.2, -0.15) is 9.41 Å². The number of nitrogens with zero attached hydrogens (tertiary/aromatic N) is 2. The van der Waals surface area contributed by atoms with Crippen molar-refractivity contribution < 1.29 is 17.9 Å². The van der Waals surface area contributed by atoms with E-state index in [2.05, 4.69) is 10.5 Å². The molecule has 0 spiro atoms. The number of sulfonamides is 1. The summed E-state index contributed by atoms with van der Waals surface area (Å²) in [7, 11) is -2.38. The summed E-state index contributed by atoms with van der Waals surface area (Å²) in [4.78, 5) is 12.7. The molecule has 1 saturated carbocycles. The Morgan fingerprint density at radius 1 is 1.00 bits per heavy atom. The van der Waals surface area contributed by atoms with Gasteiger partial charge >= 0.3 is 0 Å². The van der Waals surface area contributed by atoms with E-state index in [0.29, 0.717) is 5.75 Å². The van der Waals surface area contributed by atoms with Crippen molar-refractivity contribution in [2.24, 2.45) is 5.10 Å². The van der Waals surface area contributed by atoms with Crippen LogP contribution in [0.3, 0.4) is 0 Å². The van der Waals surface area contributed by atoms with E-state index in [1.165, 1.54) is 36.4 Å². The van der Waals surface area contributed by atoms with E-state index in [4.69, 9.17) is 4.74 Å². The van der Waals surface area contributed by atoms with Crippen LogP contribution in [0.2, 0.25) is 0 Å². The van der Waals surface area contributed by atoms with Crippen molar-refractivity contribution >= 4 is 21.6 Å². The zero-order chi connectivity index (χ0) is 22.1. The summed E-state index contributed by atoms with van der Waals surface area (Å²) < 4.78 is 32.9. The minimum Gasteiger partial charge on any atom is -0.497 e. The molecule has 1 aliphatic carbocycles. The number of hydrogen-bond donors (Lipinski definition) is 1. The van der Waals surface area contributed by atoms with Crippen molar-refractivity contribution in [2.75, 3.05) is 13.7 Å². The van der Waals surface area contributed by atoms with Gasteiger partial charge in [0, 0.05) is 12.3 Å². The third-order valence-electron chi connectivity index (χ3n) is 5.24. The average Bonchev–Trinajstić information content (AvgIpc) is 3.07. The molecule has 1 aliphatic rings. The molecule has 7 nitrogen and oxygen atoms in total. The number of rotatable bonds is 8. The predicted molar refractivity (Wildman–Crippen MR) is 120 cm³/mol. The molecule has 1 N–H and O–H groups in total. The third kappa shape index (κ3) is 6.63. The molecular formula is C23H29N3O4S. The Balaban J connectivity index is 1.78. The Hall–Kier alpha value is -2.71. The van der Waals surface area contributed by atoms with Gasteiger partial charge in [0.05, 0.1) is 18.6 Å². The zero-order valence-corrected chi connectivity index (χ0v) is 18.6. The van der Waals surface area contributed by atoms with E-state index in [-0.39, 0.29) is 18.0 Å². The van der Waals surface area contributed by atoms with E-state index in [1.54, 1.807) is 12.1 Å². The molecule has 0 radical (unpaired) electrons. The molecule has 0 heterocycles. The summed E-state index contributed by atoms with van der Waals surface area (Å²) in [6.45, 7) is -0.237. The number of amides is 1. The van der Waals surface area contributed by atoms with E-state index in [9.17, 15) is 13.2 Å². The summed E-state index contributed by atoms with van der Waals surface area (Å²) in [5.41, 5.74) is 4.33. The lowest BCUT2D eigenvalue weighted by molar-refractivity contribution is -0.121. The molecule has 166 valence electrons. The number of carbonyl (C=O) groups excluding carboxylic acids is 1. The molecule has 1 fully saturated rings. The lowest BCUT2D eigenvalue weighted by Crippen LogP contribution is -2.39. The van der Waals surface area contributed by atoms with Gasteiger partial charge in [0.15, 0.2) is 0 Å². The number of methoxy groups -OCH3 is 1. The number of nitrogens with one attached hydrogen (secondary N) is 1. The van der Waals surface area contributed by atoms with Crippen LogP contribution in [-0.4, -0.2) is 38.0 Å². The molecule has 3 rings (SSSR count). The Labute approximate surface area is 184 Å². The molecule has 1 amide bonds. The molecule has 0 atom stereocenters. The van der Waals surface area contributed by atoms with Crippen molar-refractivity contribution in [3.63, 3.8) is 0 Å². The fourth-order valence-electron chi connectivity index (χ4n) is 3.50. The quantitative estimate of drug-likeness (QED) is 0.498. The predicted octanol–water partition coefficient (Wildman–Crippen LogP) is 3.71. The fraction of sp³-hybridized carbons (Fsp3) is 0.391. The highest BCUT2D eigenvalue weighted by atomic mass is 32.2. The van der Waals surface area contributed by atoms with Gasteiger partial charge in [0.2, 0.25) is 10.0 Å².